The molecule has 1 aromatic heterocycles. The molecule has 1 aliphatic heterocycles. The van der Waals surface area contributed by atoms with Crippen LogP contribution in [0.1, 0.15) is 47.8 Å². The molecule has 0 aromatic carbocycles. The molecular formula is C16H23N3O2. The molecule has 1 unspecified atom stereocenters. The number of carbonyl (C=O) groups is 1. The van der Waals surface area contributed by atoms with Crippen LogP contribution < -0.4 is 11.3 Å². The number of aromatic nitrogens is 1. The Morgan fingerprint density at radius 2 is 2.19 bits per heavy atom. The summed E-state index contributed by atoms with van der Waals surface area (Å²) in [6.45, 7) is 3.98. The Kier molecular flexibility index (Phi) is 3.61. The van der Waals surface area contributed by atoms with Gasteiger partial charge in [-0.25, -0.2) is 0 Å². The second kappa shape index (κ2) is 5.30. The fourth-order valence-electron chi connectivity index (χ4n) is 3.37. The van der Waals surface area contributed by atoms with E-state index in [4.69, 9.17) is 5.73 Å². The largest absolute Gasteiger partial charge is 0.338 e. The van der Waals surface area contributed by atoms with Crippen molar-refractivity contribution in [3.05, 3.63) is 33.2 Å². The summed E-state index contributed by atoms with van der Waals surface area (Å²) in [6.07, 6.45) is 5.00. The van der Waals surface area contributed by atoms with Gasteiger partial charge in [-0.2, -0.15) is 0 Å². The van der Waals surface area contributed by atoms with Crippen LogP contribution in [0.2, 0.25) is 0 Å². The number of rotatable bonds is 2. The summed E-state index contributed by atoms with van der Waals surface area (Å²) in [4.78, 5) is 29.5. The highest BCUT2D eigenvalue weighted by Crippen LogP contribution is 2.29. The maximum Gasteiger partial charge on any atom is 0.261 e. The standard InChI is InChI=1S/C16H23N3O2/c1-16(9-17)6-7-19(10-16)15(21)12-8-11-4-2-3-5-13(11)18-14(12)20/h8H,2-7,9-10,17H2,1H3,(H,18,20). The van der Waals surface area contributed by atoms with Gasteiger partial charge < -0.3 is 15.6 Å². The third kappa shape index (κ3) is 2.62. The summed E-state index contributed by atoms with van der Waals surface area (Å²) < 4.78 is 0. The zero-order valence-electron chi connectivity index (χ0n) is 12.6. The average molecular weight is 289 g/mol. The minimum absolute atomic E-state index is 0.0172. The van der Waals surface area contributed by atoms with Crippen LogP contribution in [0, 0.1) is 5.41 Å². The molecule has 1 amide bonds. The van der Waals surface area contributed by atoms with Crippen molar-refractivity contribution in [2.45, 2.75) is 39.0 Å². The quantitative estimate of drug-likeness (QED) is 0.854. The van der Waals surface area contributed by atoms with E-state index < -0.39 is 0 Å². The molecule has 2 aliphatic rings. The van der Waals surface area contributed by atoms with E-state index in [-0.39, 0.29) is 22.4 Å². The van der Waals surface area contributed by atoms with Gasteiger partial charge in [0.25, 0.3) is 11.5 Å². The molecule has 1 aromatic rings. The molecule has 1 atom stereocenters. The van der Waals surface area contributed by atoms with Crippen LogP contribution in [-0.2, 0) is 12.8 Å². The van der Waals surface area contributed by atoms with Crippen molar-refractivity contribution in [3.8, 4) is 0 Å². The van der Waals surface area contributed by atoms with Crippen molar-refractivity contribution >= 4 is 5.91 Å². The number of nitrogens with one attached hydrogen (secondary N) is 1. The second-order valence-electron chi connectivity index (χ2n) is 6.71. The first-order valence-electron chi connectivity index (χ1n) is 7.77. The highest BCUT2D eigenvalue weighted by Gasteiger charge is 2.36. The van der Waals surface area contributed by atoms with Crippen molar-refractivity contribution < 1.29 is 4.79 Å². The van der Waals surface area contributed by atoms with Gasteiger partial charge in [-0.05, 0) is 55.7 Å². The molecule has 3 N–H and O–H groups in total. The maximum absolute atomic E-state index is 12.6. The van der Waals surface area contributed by atoms with Gasteiger partial charge in [-0.3, -0.25) is 9.59 Å². The Labute approximate surface area is 124 Å². The Bertz CT molecular complexity index is 622. The van der Waals surface area contributed by atoms with Crippen LogP contribution in [0.5, 0.6) is 0 Å². The molecule has 1 fully saturated rings. The minimum Gasteiger partial charge on any atom is -0.338 e. The number of nitrogens with zero attached hydrogens (tertiary/aromatic N) is 1. The first kappa shape index (κ1) is 14.3. The molecule has 0 spiro atoms. The molecule has 2 heterocycles. The molecule has 0 bridgehead atoms. The van der Waals surface area contributed by atoms with Crippen LogP contribution in [0.15, 0.2) is 10.9 Å². The van der Waals surface area contributed by atoms with E-state index in [0.717, 1.165) is 43.4 Å². The van der Waals surface area contributed by atoms with Gasteiger partial charge in [-0.1, -0.05) is 6.92 Å². The lowest BCUT2D eigenvalue weighted by Gasteiger charge is -2.23. The second-order valence-corrected chi connectivity index (χ2v) is 6.71. The Hall–Kier alpha value is -1.62. The summed E-state index contributed by atoms with van der Waals surface area (Å²) in [6, 6.07) is 1.81. The molecule has 0 saturated carbocycles. The Morgan fingerprint density at radius 3 is 2.90 bits per heavy atom. The van der Waals surface area contributed by atoms with E-state index in [1.165, 1.54) is 0 Å². The molecule has 0 radical (unpaired) electrons. The van der Waals surface area contributed by atoms with Crippen molar-refractivity contribution in [2.24, 2.45) is 11.1 Å². The third-order valence-electron chi connectivity index (χ3n) is 4.91. The summed E-state index contributed by atoms with van der Waals surface area (Å²) in [7, 11) is 0. The maximum atomic E-state index is 12.6. The van der Waals surface area contributed by atoms with E-state index in [9.17, 15) is 9.59 Å². The number of likely N-dealkylation sites (tertiary alicyclic amines) is 1. The molecule has 21 heavy (non-hydrogen) atoms. The van der Waals surface area contributed by atoms with Gasteiger partial charge in [0.2, 0.25) is 0 Å². The summed E-state index contributed by atoms with van der Waals surface area (Å²) in [5.41, 5.74) is 7.95. The topological polar surface area (TPSA) is 79.2 Å². The summed E-state index contributed by atoms with van der Waals surface area (Å²) in [5, 5.41) is 0. The predicted octanol–water partition coefficient (Wildman–Crippen LogP) is 1.06. The highest BCUT2D eigenvalue weighted by molar-refractivity contribution is 5.94. The summed E-state index contributed by atoms with van der Waals surface area (Å²) in [5.74, 6) is -0.151. The minimum atomic E-state index is -0.248. The van der Waals surface area contributed by atoms with Gasteiger partial charge in [0.05, 0.1) is 0 Å². The predicted molar refractivity (Wildman–Crippen MR) is 81.4 cm³/mol. The number of hydrogen-bond acceptors (Lipinski definition) is 3. The van der Waals surface area contributed by atoms with Gasteiger partial charge in [0.1, 0.15) is 5.56 Å². The van der Waals surface area contributed by atoms with E-state index in [1.54, 1.807) is 4.90 Å². The lowest BCUT2D eigenvalue weighted by Crippen LogP contribution is -2.37. The number of nitrogens with two attached hydrogens (primary N) is 1. The molecular weight excluding hydrogens is 266 g/mol. The van der Waals surface area contributed by atoms with Gasteiger partial charge in [-0.15, -0.1) is 0 Å². The van der Waals surface area contributed by atoms with Crippen molar-refractivity contribution in [2.75, 3.05) is 19.6 Å². The van der Waals surface area contributed by atoms with Crippen LogP contribution in [0.4, 0.5) is 0 Å². The van der Waals surface area contributed by atoms with Crippen LogP contribution in [-0.4, -0.2) is 35.4 Å². The normalized spacial score (nSPS) is 25.0. The van der Waals surface area contributed by atoms with Crippen LogP contribution in [0.25, 0.3) is 0 Å². The Balaban J connectivity index is 1.87. The number of amides is 1. The number of pyridine rings is 1. The lowest BCUT2D eigenvalue weighted by molar-refractivity contribution is 0.0775. The lowest BCUT2D eigenvalue weighted by atomic mass is 9.90. The van der Waals surface area contributed by atoms with E-state index in [1.807, 2.05) is 6.07 Å². The number of aromatic amines is 1. The van der Waals surface area contributed by atoms with Gasteiger partial charge in [0.15, 0.2) is 0 Å². The van der Waals surface area contributed by atoms with Crippen molar-refractivity contribution in [1.29, 1.82) is 0 Å². The number of aryl methyl sites for hydroxylation is 2. The fourth-order valence-corrected chi connectivity index (χ4v) is 3.37. The SMILES string of the molecule is CC1(CN)CCN(C(=O)c2cc3c([nH]c2=O)CCCC3)C1. The zero-order chi connectivity index (χ0) is 15.0. The highest BCUT2D eigenvalue weighted by atomic mass is 16.2. The van der Waals surface area contributed by atoms with Gasteiger partial charge >= 0.3 is 0 Å². The number of H-pyrrole nitrogens is 1. The molecule has 1 saturated heterocycles. The molecule has 1 aliphatic carbocycles. The van der Waals surface area contributed by atoms with Crippen LogP contribution in [0.3, 0.4) is 0 Å². The van der Waals surface area contributed by atoms with E-state index in [0.29, 0.717) is 19.6 Å². The smallest absolute Gasteiger partial charge is 0.261 e. The first-order valence-corrected chi connectivity index (χ1v) is 7.77. The monoisotopic (exact) mass is 289 g/mol. The van der Waals surface area contributed by atoms with Gasteiger partial charge in [0, 0.05) is 18.8 Å². The number of carbonyl (C=O) groups excluding carboxylic acids is 1. The molecule has 5 nitrogen and oxygen atoms in total. The fraction of sp³-hybridized carbons (Fsp3) is 0.625. The Morgan fingerprint density at radius 1 is 1.43 bits per heavy atom. The van der Waals surface area contributed by atoms with E-state index in [2.05, 4.69) is 11.9 Å². The zero-order valence-corrected chi connectivity index (χ0v) is 12.6. The third-order valence-corrected chi connectivity index (χ3v) is 4.91. The van der Waals surface area contributed by atoms with E-state index >= 15 is 0 Å². The molecule has 5 heteroatoms. The van der Waals surface area contributed by atoms with Crippen molar-refractivity contribution in [3.63, 3.8) is 0 Å². The molecule has 114 valence electrons. The number of fused-ring (bicyclic) bond motifs is 1. The number of hydrogen-bond donors (Lipinski definition) is 2. The summed E-state index contributed by atoms with van der Waals surface area (Å²) >= 11 is 0. The first-order chi connectivity index (χ1) is 10.0. The average Bonchev–Trinajstić information content (AvgIpc) is 2.89. The van der Waals surface area contributed by atoms with Crippen LogP contribution >= 0.6 is 0 Å². The van der Waals surface area contributed by atoms with Crippen molar-refractivity contribution in [1.82, 2.24) is 9.88 Å². The molecule has 3 rings (SSSR count).